The van der Waals surface area contributed by atoms with Gasteiger partial charge in [-0.25, -0.2) is 4.98 Å². The van der Waals surface area contributed by atoms with E-state index in [1.807, 2.05) is 13.8 Å². The Labute approximate surface area is 127 Å². The maximum atomic E-state index is 5.94. The smallest absolute Gasteiger partial charge is 0.243 e. The number of ether oxygens (including phenoxy) is 1. The normalized spacial score (nSPS) is 11.3. The van der Waals surface area contributed by atoms with Gasteiger partial charge in [0.15, 0.2) is 5.75 Å². The molecule has 0 aromatic carbocycles. The predicted molar refractivity (Wildman–Crippen MR) is 82.9 cm³/mol. The maximum Gasteiger partial charge on any atom is 0.243 e. The second-order valence-electron chi connectivity index (χ2n) is 5.21. The van der Waals surface area contributed by atoms with E-state index in [-0.39, 0.29) is 6.10 Å². The van der Waals surface area contributed by atoms with Crippen LogP contribution in [0.1, 0.15) is 27.2 Å². The lowest BCUT2D eigenvalue weighted by Gasteiger charge is -2.12. The van der Waals surface area contributed by atoms with Gasteiger partial charge in [0.25, 0.3) is 0 Å². The van der Waals surface area contributed by atoms with Crippen LogP contribution in [0.2, 0.25) is 0 Å². The van der Waals surface area contributed by atoms with Crippen LogP contribution in [0.3, 0.4) is 0 Å². The van der Waals surface area contributed by atoms with Gasteiger partial charge in [-0.15, -0.1) is 5.10 Å². The van der Waals surface area contributed by atoms with Crippen LogP contribution in [0, 0.1) is 0 Å². The van der Waals surface area contributed by atoms with Crippen LogP contribution < -0.4 is 10.1 Å². The standard InChI is InChI=1S/C14H19N7O/c1-4-5-15-14-19-13-12(22-9(2)3)11(10-6-17-18-7-10)16-8-21(13)20-14/h6-9H,4-5H2,1-3H3,(H,15,20)(H,17,18). The summed E-state index contributed by atoms with van der Waals surface area (Å²) in [4.78, 5) is 8.96. The van der Waals surface area contributed by atoms with E-state index in [1.54, 1.807) is 23.2 Å². The Morgan fingerprint density at radius 1 is 1.41 bits per heavy atom. The van der Waals surface area contributed by atoms with E-state index in [9.17, 15) is 0 Å². The van der Waals surface area contributed by atoms with Gasteiger partial charge in [-0.1, -0.05) is 6.92 Å². The first kappa shape index (κ1) is 14.3. The van der Waals surface area contributed by atoms with Gasteiger partial charge >= 0.3 is 0 Å². The average Bonchev–Trinajstić information content (AvgIpc) is 3.13. The van der Waals surface area contributed by atoms with Crippen molar-refractivity contribution in [2.75, 3.05) is 11.9 Å². The van der Waals surface area contributed by atoms with E-state index >= 15 is 0 Å². The van der Waals surface area contributed by atoms with Crippen LogP contribution in [-0.4, -0.2) is 42.4 Å². The van der Waals surface area contributed by atoms with Gasteiger partial charge in [-0.3, -0.25) is 5.10 Å². The molecule has 0 unspecified atom stereocenters. The molecule has 0 fully saturated rings. The Balaban J connectivity index is 2.11. The lowest BCUT2D eigenvalue weighted by atomic mass is 10.2. The molecule has 3 aromatic heterocycles. The molecule has 0 bridgehead atoms. The third-order valence-electron chi connectivity index (χ3n) is 3.00. The third kappa shape index (κ3) is 2.72. The minimum atomic E-state index is 0.00222. The Morgan fingerprint density at radius 2 is 2.27 bits per heavy atom. The molecule has 3 heterocycles. The minimum Gasteiger partial charge on any atom is -0.485 e. The average molecular weight is 301 g/mol. The SMILES string of the molecule is CCCNc1nc2c(OC(C)C)c(-c3cn[nH]c3)ncn2n1. The number of nitrogens with one attached hydrogen (secondary N) is 2. The second-order valence-corrected chi connectivity index (χ2v) is 5.21. The molecule has 0 saturated carbocycles. The maximum absolute atomic E-state index is 5.94. The quantitative estimate of drug-likeness (QED) is 0.724. The number of H-pyrrole nitrogens is 1. The van der Waals surface area contributed by atoms with Crippen LogP contribution in [-0.2, 0) is 0 Å². The number of rotatable bonds is 6. The van der Waals surface area contributed by atoms with Crippen molar-refractivity contribution < 1.29 is 4.74 Å². The highest BCUT2D eigenvalue weighted by molar-refractivity contribution is 5.73. The molecule has 8 heteroatoms. The number of aromatic amines is 1. The van der Waals surface area contributed by atoms with Crippen LogP contribution in [0.25, 0.3) is 16.9 Å². The fourth-order valence-electron chi connectivity index (χ4n) is 2.08. The summed E-state index contributed by atoms with van der Waals surface area (Å²) in [6, 6.07) is 0. The van der Waals surface area contributed by atoms with Crippen molar-refractivity contribution in [3.05, 3.63) is 18.7 Å². The zero-order valence-electron chi connectivity index (χ0n) is 12.9. The van der Waals surface area contributed by atoms with E-state index in [1.165, 1.54) is 0 Å². The van der Waals surface area contributed by atoms with E-state index < -0.39 is 0 Å². The van der Waals surface area contributed by atoms with Crippen molar-refractivity contribution >= 4 is 11.6 Å². The summed E-state index contributed by atoms with van der Waals surface area (Å²) in [7, 11) is 0. The lowest BCUT2D eigenvalue weighted by Crippen LogP contribution is -2.09. The van der Waals surface area contributed by atoms with Gasteiger partial charge in [0.1, 0.15) is 12.0 Å². The van der Waals surface area contributed by atoms with Crippen molar-refractivity contribution in [3.63, 3.8) is 0 Å². The highest BCUT2D eigenvalue weighted by atomic mass is 16.5. The largest absolute Gasteiger partial charge is 0.485 e. The van der Waals surface area contributed by atoms with Gasteiger partial charge in [-0.05, 0) is 20.3 Å². The molecule has 2 N–H and O–H groups in total. The lowest BCUT2D eigenvalue weighted by molar-refractivity contribution is 0.244. The molecular weight excluding hydrogens is 282 g/mol. The molecular formula is C14H19N7O. The molecule has 116 valence electrons. The molecule has 0 amide bonds. The third-order valence-corrected chi connectivity index (χ3v) is 3.00. The molecule has 3 aromatic rings. The second kappa shape index (κ2) is 6.00. The van der Waals surface area contributed by atoms with Gasteiger partial charge in [0.2, 0.25) is 11.6 Å². The van der Waals surface area contributed by atoms with Crippen molar-refractivity contribution in [2.45, 2.75) is 33.3 Å². The number of hydrogen-bond acceptors (Lipinski definition) is 6. The highest BCUT2D eigenvalue weighted by Crippen LogP contribution is 2.31. The summed E-state index contributed by atoms with van der Waals surface area (Å²) in [6.45, 7) is 6.85. The van der Waals surface area contributed by atoms with Crippen molar-refractivity contribution in [2.24, 2.45) is 0 Å². The van der Waals surface area contributed by atoms with Crippen LogP contribution >= 0.6 is 0 Å². The van der Waals surface area contributed by atoms with E-state index in [4.69, 9.17) is 4.74 Å². The zero-order chi connectivity index (χ0) is 15.5. The summed E-state index contributed by atoms with van der Waals surface area (Å²) in [5.41, 5.74) is 2.19. The number of aromatic nitrogens is 6. The monoisotopic (exact) mass is 301 g/mol. The molecule has 0 aliphatic carbocycles. The van der Waals surface area contributed by atoms with Gasteiger partial charge < -0.3 is 10.1 Å². The topological polar surface area (TPSA) is 93.0 Å². The molecule has 8 nitrogen and oxygen atoms in total. The van der Waals surface area contributed by atoms with Gasteiger partial charge in [-0.2, -0.15) is 14.6 Å². The molecule has 0 spiro atoms. The first-order valence-electron chi connectivity index (χ1n) is 7.34. The number of fused-ring (bicyclic) bond motifs is 1. The van der Waals surface area contributed by atoms with Crippen molar-refractivity contribution in [1.82, 2.24) is 29.8 Å². The van der Waals surface area contributed by atoms with Crippen LogP contribution in [0.4, 0.5) is 5.95 Å². The molecule has 3 rings (SSSR count). The van der Waals surface area contributed by atoms with Gasteiger partial charge in [0, 0.05) is 18.3 Å². The van der Waals surface area contributed by atoms with Crippen molar-refractivity contribution in [1.29, 1.82) is 0 Å². The van der Waals surface area contributed by atoms with Crippen LogP contribution in [0.5, 0.6) is 5.75 Å². The van der Waals surface area contributed by atoms with E-state index in [2.05, 4.69) is 37.5 Å². The van der Waals surface area contributed by atoms with Gasteiger partial charge in [0.05, 0.1) is 12.3 Å². The molecule has 0 aliphatic heterocycles. The summed E-state index contributed by atoms with van der Waals surface area (Å²) in [5, 5.41) is 14.3. The Morgan fingerprint density at radius 3 is 2.95 bits per heavy atom. The zero-order valence-corrected chi connectivity index (χ0v) is 12.9. The molecule has 0 aliphatic rings. The molecule has 0 atom stereocenters. The summed E-state index contributed by atoms with van der Waals surface area (Å²) >= 11 is 0. The predicted octanol–water partition coefficient (Wildman–Crippen LogP) is 2.12. The first-order valence-corrected chi connectivity index (χ1v) is 7.34. The molecule has 0 radical (unpaired) electrons. The Kier molecular flexibility index (Phi) is 3.90. The molecule has 0 saturated heterocycles. The fourth-order valence-corrected chi connectivity index (χ4v) is 2.08. The fraction of sp³-hybridized carbons (Fsp3) is 0.429. The van der Waals surface area contributed by atoms with E-state index in [0.29, 0.717) is 23.0 Å². The van der Waals surface area contributed by atoms with Crippen LogP contribution in [0.15, 0.2) is 18.7 Å². The summed E-state index contributed by atoms with van der Waals surface area (Å²) in [6.07, 6.45) is 6.12. The Bertz CT molecular complexity index is 748. The van der Waals surface area contributed by atoms with E-state index in [0.717, 1.165) is 18.5 Å². The highest BCUT2D eigenvalue weighted by Gasteiger charge is 2.18. The first-order chi connectivity index (χ1) is 10.7. The summed E-state index contributed by atoms with van der Waals surface area (Å²) < 4.78 is 7.57. The Hall–Kier alpha value is -2.64. The molecule has 22 heavy (non-hydrogen) atoms. The number of hydrogen-bond donors (Lipinski definition) is 2. The van der Waals surface area contributed by atoms with Crippen molar-refractivity contribution in [3.8, 4) is 17.0 Å². The number of anilines is 1. The summed E-state index contributed by atoms with van der Waals surface area (Å²) in [5.74, 6) is 1.18. The number of nitrogens with zero attached hydrogens (tertiary/aromatic N) is 5. The minimum absolute atomic E-state index is 0.00222.